The van der Waals surface area contributed by atoms with Gasteiger partial charge >= 0.3 is 0 Å². The van der Waals surface area contributed by atoms with Gasteiger partial charge in [-0.2, -0.15) is 0 Å². The SMILES string of the molecule is CCCCCCCCCCCCCCCCCC[N+](C)(CCO)C(CC)[N+](C)(CCO)CCO.COS(=O)(=O)[O-].COS(=O)(=O)[O-]. The summed E-state index contributed by atoms with van der Waals surface area (Å²) in [4.78, 5) is 0. The number of hydrogen-bond acceptors (Lipinski definition) is 11. The normalized spacial score (nSPS) is 14.1. The molecule has 0 aromatic heterocycles. The van der Waals surface area contributed by atoms with Crippen LogP contribution in [0.2, 0.25) is 0 Å². The van der Waals surface area contributed by atoms with Crippen LogP contribution in [0, 0.1) is 0 Å². The standard InChI is InChI=1S/C29H64N2O3.2CH4O4S/c1-5-7-8-9-10-11-12-13-14-15-16-17-18-19-20-21-22-30(3,23-26-32)29(6-2)31(4,24-27-33)25-28-34;2*1-5-6(2,3)4/h29,32-34H,5-28H2,1-4H3;2*1H3,(H,2,3,4)/q+2;;/p-2. The molecule has 0 spiro atoms. The van der Waals surface area contributed by atoms with Gasteiger partial charge in [-0.25, -0.2) is 16.8 Å². The molecule has 0 aliphatic carbocycles. The highest BCUT2D eigenvalue weighted by atomic mass is 32.3. The lowest BCUT2D eigenvalue weighted by Gasteiger charge is -2.50. The summed E-state index contributed by atoms with van der Waals surface area (Å²) in [6, 6.07) is 0. The third kappa shape index (κ3) is 30.8. The van der Waals surface area contributed by atoms with Gasteiger partial charge in [0.15, 0.2) is 0 Å². The van der Waals surface area contributed by atoms with E-state index in [0.29, 0.717) is 17.6 Å². The molecule has 0 rings (SSSR count). The zero-order valence-electron chi connectivity index (χ0n) is 29.9. The van der Waals surface area contributed by atoms with E-state index in [0.717, 1.165) is 38.2 Å². The van der Waals surface area contributed by atoms with Crippen molar-refractivity contribution in [3.63, 3.8) is 0 Å². The molecule has 2 unspecified atom stereocenters. The summed E-state index contributed by atoms with van der Waals surface area (Å²) in [6.07, 6.45) is 23.3. The van der Waals surface area contributed by atoms with Crippen molar-refractivity contribution in [1.82, 2.24) is 0 Å². The van der Waals surface area contributed by atoms with Crippen molar-refractivity contribution in [2.45, 2.75) is 129 Å². The maximum atomic E-state index is 9.79. The van der Waals surface area contributed by atoms with Gasteiger partial charge in [-0.3, -0.25) is 17.3 Å². The molecule has 13 nitrogen and oxygen atoms in total. The summed E-state index contributed by atoms with van der Waals surface area (Å²) >= 11 is 0. The van der Waals surface area contributed by atoms with Crippen LogP contribution in [0.3, 0.4) is 0 Å². The van der Waals surface area contributed by atoms with E-state index in [-0.39, 0.29) is 26.0 Å². The first-order valence-electron chi connectivity index (χ1n) is 17.1. The van der Waals surface area contributed by atoms with Crippen LogP contribution in [0.1, 0.15) is 123 Å². The molecule has 0 amide bonds. The van der Waals surface area contributed by atoms with Crippen molar-refractivity contribution in [1.29, 1.82) is 0 Å². The minimum Gasteiger partial charge on any atom is -0.726 e. The van der Waals surface area contributed by atoms with Gasteiger partial charge < -0.3 is 24.4 Å². The summed E-state index contributed by atoms with van der Waals surface area (Å²) in [7, 11) is -2.79. The Hall–Kier alpha value is -0.460. The van der Waals surface area contributed by atoms with E-state index in [9.17, 15) is 41.3 Å². The van der Waals surface area contributed by atoms with Gasteiger partial charge in [0.2, 0.25) is 27.0 Å². The second kappa shape index (κ2) is 30.6. The van der Waals surface area contributed by atoms with Gasteiger partial charge in [0, 0.05) is 0 Å². The monoisotopic (exact) mass is 710 g/mol. The Morgan fingerprint density at radius 1 is 0.522 bits per heavy atom. The van der Waals surface area contributed by atoms with E-state index in [1.807, 2.05) is 0 Å². The highest BCUT2D eigenvalue weighted by Gasteiger charge is 2.44. The molecule has 0 radical (unpaired) electrons. The number of unbranched alkanes of at least 4 members (excludes halogenated alkanes) is 15. The maximum Gasteiger partial charge on any atom is 0.217 e. The highest BCUT2D eigenvalue weighted by molar-refractivity contribution is 7.81. The molecule has 0 saturated carbocycles. The Bertz CT molecular complexity index is 840. The van der Waals surface area contributed by atoms with Gasteiger partial charge in [-0.1, -0.05) is 104 Å². The van der Waals surface area contributed by atoms with Crippen LogP contribution in [-0.2, 0) is 29.2 Å². The zero-order valence-corrected chi connectivity index (χ0v) is 31.5. The first-order valence-corrected chi connectivity index (χ1v) is 19.8. The average molecular weight is 711 g/mol. The molecule has 0 heterocycles. The number of hydrogen-bond donors (Lipinski definition) is 3. The quantitative estimate of drug-likeness (QED) is 0.0349. The van der Waals surface area contributed by atoms with E-state index in [4.69, 9.17) is 0 Å². The average Bonchev–Trinajstić information content (AvgIpc) is 2.97. The molecule has 2 atom stereocenters. The van der Waals surface area contributed by atoms with Crippen LogP contribution >= 0.6 is 0 Å². The Balaban J connectivity index is -0.00000129. The van der Waals surface area contributed by atoms with Gasteiger partial charge in [0.1, 0.15) is 19.6 Å². The minimum atomic E-state index is -4.41. The fraction of sp³-hybridized carbons (Fsp3) is 1.00. The number of aliphatic hydroxyl groups is 3. The van der Waals surface area contributed by atoms with E-state index >= 15 is 0 Å². The third-order valence-corrected chi connectivity index (χ3v) is 9.38. The smallest absolute Gasteiger partial charge is 0.217 e. The van der Waals surface area contributed by atoms with Crippen LogP contribution in [-0.4, -0.2) is 131 Å². The lowest BCUT2D eigenvalue weighted by atomic mass is 10.0. The maximum absolute atomic E-state index is 9.79. The second-order valence-corrected chi connectivity index (χ2v) is 14.7. The Morgan fingerprint density at radius 3 is 0.978 bits per heavy atom. The van der Waals surface area contributed by atoms with E-state index in [1.54, 1.807) is 0 Å². The van der Waals surface area contributed by atoms with E-state index < -0.39 is 20.8 Å². The van der Waals surface area contributed by atoms with Crippen LogP contribution in [0.25, 0.3) is 0 Å². The molecule has 0 aromatic carbocycles. The van der Waals surface area contributed by atoms with Crippen molar-refractivity contribution in [3.05, 3.63) is 0 Å². The predicted molar refractivity (Wildman–Crippen MR) is 180 cm³/mol. The number of quaternary nitrogens is 2. The lowest BCUT2D eigenvalue weighted by molar-refractivity contribution is -1.12. The van der Waals surface area contributed by atoms with Gasteiger partial charge in [-0.15, -0.1) is 0 Å². The van der Waals surface area contributed by atoms with E-state index in [2.05, 4.69) is 36.3 Å². The number of rotatable bonds is 28. The minimum absolute atomic E-state index is 0.130. The highest BCUT2D eigenvalue weighted by Crippen LogP contribution is 2.25. The summed E-state index contributed by atoms with van der Waals surface area (Å²) in [5, 5.41) is 29.1. The van der Waals surface area contributed by atoms with Gasteiger partial charge in [0.25, 0.3) is 0 Å². The van der Waals surface area contributed by atoms with Crippen molar-refractivity contribution < 1.29 is 58.6 Å². The van der Waals surface area contributed by atoms with Crippen LogP contribution in [0.15, 0.2) is 0 Å². The molecule has 46 heavy (non-hydrogen) atoms. The largest absolute Gasteiger partial charge is 0.726 e. The fourth-order valence-electron chi connectivity index (χ4n) is 6.08. The van der Waals surface area contributed by atoms with Gasteiger partial charge in [-0.05, 0) is 12.8 Å². The van der Waals surface area contributed by atoms with Crippen molar-refractivity contribution >= 4 is 20.8 Å². The van der Waals surface area contributed by atoms with Crippen LogP contribution < -0.4 is 0 Å². The van der Waals surface area contributed by atoms with Gasteiger partial charge in [0.05, 0.1) is 61.1 Å². The molecule has 0 aromatic rings. The van der Waals surface area contributed by atoms with Crippen molar-refractivity contribution in [2.24, 2.45) is 0 Å². The summed E-state index contributed by atoms with van der Waals surface area (Å²) in [5.74, 6) is 0. The predicted octanol–water partition coefficient (Wildman–Crippen LogP) is 4.04. The molecule has 0 aliphatic heterocycles. The first-order chi connectivity index (χ1) is 21.6. The number of aliphatic hydroxyl groups excluding tert-OH is 3. The molecule has 0 bridgehead atoms. The third-order valence-electron chi connectivity index (χ3n) is 8.57. The second-order valence-electron chi connectivity index (χ2n) is 12.4. The Morgan fingerprint density at radius 2 is 0.761 bits per heavy atom. The number of nitrogens with zero attached hydrogens (tertiary/aromatic N) is 2. The first kappa shape index (κ1) is 49.9. The molecule has 3 N–H and O–H groups in total. The topological polar surface area (TPSA) is 194 Å². The van der Waals surface area contributed by atoms with Crippen LogP contribution in [0.5, 0.6) is 0 Å². The molecular formula is C31H70N2O11S2. The molecule has 0 fully saturated rings. The molecule has 0 aliphatic rings. The zero-order chi connectivity index (χ0) is 36.0. The van der Waals surface area contributed by atoms with E-state index in [1.165, 1.54) is 103 Å². The van der Waals surface area contributed by atoms with Crippen molar-refractivity contribution in [2.75, 3.05) is 74.3 Å². The molecule has 282 valence electrons. The molecule has 15 heteroatoms. The lowest BCUT2D eigenvalue weighted by Crippen LogP contribution is -2.69. The summed E-state index contributed by atoms with van der Waals surface area (Å²) in [6.45, 7) is 8.03. The number of likely N-dealkylation sites (N-methyl/N-ethyl adjacent to an activating group) is 2. The molecule has 0 saturated heterocycles. The van der Waals surface area contributed by atoms with Crippen LogP contribution in [0.4, 0.5) is 0 Å². The summed E-state index contributed by atoms with van der Waals surface area (Å²) < 4.78 is 63.5. The fourth-order valence-corrected chi connectivity index (χ4v) is 6.08. The Labute approximate surface area is 282 Å². The summed E-state index contributed by atoms with van der Waals surface area (Å²) in [5.41, 5.74) is 0. The van der Waals surface area contributed by atoms with Crippen molar-refractivity contribution in [3.8, 4) is 0 Å². The Kier molecular flexibility index (Phi) is 33.2. The molecular weight excluding hydrogens is 640 g/mol.